The average Bonchev–Trinajstić information content (AvgIpc) is 2.47. The summed E-state index contributed by atoms with van der Waals surface area (Å²) in [6, 6.07) is 1.44. The van der Waals surface area contributed by atoms with Crippen molar-refractivity contribution >= 4 is 5.97 Å². The van der Waals surface area contributed by atoms with Crippen LogP contribution < -0.4 is 5.43 Å². The molecule has 0 aromatic carbocycles. The molecule has 1 aromatic rings. The second kappa shape index (κ2) is 4.06. The van der Waals surface area contributed by atoms with E-state index in [1.807, 2.05) is 14.1 Å². The van der Waals surface area contributed by atoms with Crippen molar-refractivity contribution in [2.75, 3.05) is 14.1 Å². The van der Waals surface area contributed by atoms with Crippen LogP contribution in [-0.2, 0) is 6.54 Å². The zero-order chi connectivity index (χ0) is 9.84. The number of carbonyl (C=O) groups is 1. The van der Waals surface area contributed by atoms with E-state index in [0.717, 1.165) is 0 Å². The number of nitrogens with zero attached hydrogens (tertiary/aromatic N) is 1. The minimum atomic E-state index is -0.968. The molecule has 0 spiro atoms. The summed E-state index contributed by atoms with van der Waals surface area (Å²) < 4.78 is 5.01. The fourth-order valence-corrected chi connectivity index (χ4v) is 0.898. The second-order valence-corrected chi connectivity index (χ2v) is 2.79. The number of furan rings is 1. The first-order valence-corrected chi connectivity index (χ1v) is 3.81. The van der Waals surface area contributed by atoms with Gasteiger partial charge in [0.25, 0.3) is 0 Å². The molecule has 13 heavy (non-hydrogen) atoms. The van der Waals surface area contributed by atoms with Gasteiger partial charge in [-0.2, -0.15) is 0 Å². The Morgan fingerprint density at radius 1 is 1.69 bits per heavy atom. The summed E-state index contributed by atoms with van der Waals surface area (Å²) in [7, 11) is 3.65. The van der Waals surface area contributed by atoms with Crippen LogP contribution in [0, 0.1) is 0 Å². The summed E-state index contributed by atoms with van der Waals surface area (Å²) in [6.45, 7) is 0.377. The molecular formula is C8H12N2O3. The lowest BCUT2D eigenvalue weighted by Crippen LogP contribution is -2.29. The Hall–Kier alpha value is -1.33. The summed E-state index contributed by atoms with van der Waals surface area (Å²) in [6.07, 6.45) is 1.37. The van der Waals surface area contributed by atoms with E-state index in [1.54, 1.807) is 5.01 Å². The summed E-state index contributed by atoms with van der Waals surface area (Å²) in [5, 5.41) is 10.4. The topological polar surface area (TPSA) is 65.7 Å². The van der Waals surface area contributed by atoms with E-state index in [9.17, 15) is 4.79 Å². The van der Waals surface area contributed by atoms with Gasteiger partial charge < -0.3 is 9.52 Å². The molecule has 0 radical (unpaired) electrons. The van der Waals surface area contributed by atoms with Crippen molar-refractivity contribution in [1.29, 1.82) is 0 Å². The van der Waals surface area contributed by atoms with Gasteiger partial charge in [0.1, 0.15) is 11.3 Å². The maximum Gasteiger partial charge on any atom is 0.339 e. The normalized spacial score (nSPS) is 10.7. The van der Waals surface area contributed by atoms with E-state index in [0.29, 0.717) is 12.3 Å². The highest BCUT2D eigenvalue weighted by Gasteiger charge is 2.12. The molecule has 0 fully saturated rings. The molecule has 1 aromatic heterocycles. The van der Waals surface area contributed by atoms with Crippen LogP contribution in [0.25, 0.3) is 0 Å². The fourth-order valence-electron chi connectivity index (χ4n) is 0.898. The molecule has 2 N–H and O–H groups in total. The van der Waals surface area contributed by atoms with Crippen LogP contribution in [0.4, 0.5) is 0 Å². The molecule has 0 atom stereocenters. The van der Waals surface area contributed by atoms with Crippen LogP contribution in [0.3, 0.4) is 0 Å². The molecule has 1 heterocycles. The second-order valence-electron chi connectivity index (χ2n) is 2.79. The summed E-state index contributed by atoms with van der Waals surface area (Å²) in [5.41, 5.74) is 3.12. The lowest BCUT2D eigenvalue weighted by molar-refractivity contribution is 0.0693. The first-order valence-electron chi connectivity index (χ1n) is 3.81. The van der Waals surface area contributed by atoms with Gasteiger partial charge in [0.15, 0.2) is 0 Å². The van der Waals surface area contributed by atoms with Crippen LogP contribution in [0.2, 0.25) is 0 Å². The number of hydrogen-bond acceptors (Lipinski definition) is 4. The van der Waals surface area contributed by atoms with Gasteiger partial charge >= 0.3 is 5.97 Å². The number of carboxylic acid groups (broad SMARTS) is 1. The van der Waals surface area contributed by atoms with Gasteiger partial charge in [0.05, 0.1) is 12.8 Å². The Balaban J connectivity index is 2.65. The summed E-state index contributed by atoms with van der Waals surface area (Å²) >= 11 is 0. The number of hydrazine groups is 1. The maximum atomic E-state index is 10.6. The van der Waals surface area contributed by atoms with E-state index in [2.05, 4.69) is 5.43 Å². The average molecular weight is 184 g/mol. The highest BCUT2D eigenvalue weighted by molar-refractivity contribution is 5.88. The number of aromatic carboxylic acids is 1. The molecule has 5 heteroatoms. The van der Waals surface area contributed by atoms with Gasteiger partial charge in [-0.15, -0.1) is 0 Å². The van der Waals surface area contributed by atoms with Gasteiger partial charge in [0.2, 0.25) is 0 Å². The van der Waals surface area contributed by atoms with Gasteiger partial charge in [-0.25, -0.2) is 10.2 Å². The van der Waals surface area contributed by atoms with Crippen LogP contribution >= 0.6 is 0 Å². The quantitative estimate of drug-likeness (QED) is 0.669. The van der Waals surface area contributed by atoms with Crippen molar-refractivity contribution in [3.8, 4) is 0 Å². The molecule has 0 aliphatic carbocycles. The van der Waals surface area contributed by atoms with E-state index >= 15 is 0 Å². The number of rotatable bonds is 4. The van der Waals surface area contributed by atoms with Crippen molar-refractivity contribution in [3.05, 3.63) is 23.7 Å². The number of nitrogens with one attached hydrogen (secondary N) is 1. The first kappa shape index (κ1) is 9.76. The third kappa shape index (κ3) is 2.57. The SMILES string of the molecule is CN(C)NCc1occc1C(=O)O. The van der Waals surface area contributed by atoms with E-state index in [-0.39, 0.29) is 5.56 Å². The molecule has 0 aliphatic heterocycles. The molecule has 0 saturated carbocycles. The van der Waals surface area contributed by atoms with Gasteiger partial charge in [-0.05, 0) is 6.07 Å². The third-order valence-electron chi connectivity index (χ3n) is 1.53. The number of hydrogen-bond donors (Lipinski definition) is 2. The van der Waals surface area contributed by atoms with Gasteiger partial charge in [-0.3, -0.25) is 5.01 Å². The van der Waals surface area contributed by atoms with Crippen molar-refractivity contribution < 1.29 is 14.3 Å². The standard InChI is InChI=1S/C8H12N2O3/c1-10(2)9-5-7-6(8(11)12)3-4-13-7/h3-4,9H,5H2,1-2H3,(H,11,12). The Kier molecular flexibility index (Phi) is 3.05. The largest absolute Gasteiger partial charge is 0.478 e. The Labute approximate surface area is 75.9 Å². The van der Waals surface area contributed by atoms with Crippen LogP contribution in [0.15, 0.2) is 16.7 Å². The lowest BCUT2D eigenvalue weighted by atomic mass is 10.2. The van der Waals surface area contributed by atoms with Crippen LogP contribution in [0.5, 0.6) is 0 Å². The minimum absolute atomic E-state index is 0.203. The molecule has 72 valence electrons. The summed E-state index contributed by atoms with van der Waals surface area (Å²) in [5.74, 6) is -0.537. The monoisotopic (exact) mass is 184 g/mol. The molecule has 1 rings (SSSR count). The van der Waals surface area contributed by atoms with Crippen molar-refractivity contribution in [3.63, 3.8) is 0 Å². The van der Waals surface area contributed by atoms with E-state index < -0.39 is 5.97 Å². The van der Waals surface area contributed by atoms with Crippen molar-refractivity contribution in [2.45, 2.75) is 6.54 Å². The minimum Gasteiger partial charge on any atom is -0.478 e. The van der Waals surface area contributed by atoms with Crippen LogP contribution in [0.1, 0.15) is 16.1 Å². The fraction of sp³-hybridized carbons (Fsp3) is 0.375. The number of carboxylic acids is 1. The molecule has 0 bridgehead atoms. The van der Waals surface area contributed by atoms with Crippen molar-refractivity contribution in [1.82, 2.24) is 10.4 Å². The lowest BCUT2D eigenvalue weighted by Gasteiger charge is -2.10. The van der Waals surface area contributed by atoms with Gasteiger partial charge in [-0.1, -0.05) is 0 Å². The van der Waals surface area contributed by atoms with Gasteiger partial charge in [0, 0.05) is 14.1 Å². The molecule has 0 aliphatic rings. The predicted octanol–water partition coefficient (Wildman–Crippen LogP) is 0.544. The molecule has 0 unspecified atom stereocenters. The van der Waals surface area contributed by atoms with Crippen LogP contribution in [-0.4, -0.2) is 30.2 Å². The smallest absolute Gasteiger partial charge is 0.339 e. The Bertz CT molecular complexity index is 293. The maximum absolute atomic E-state index is 10.6. The summed E-state index contributed by atoms with van der Waals surface area (Å²) in [4.78, 5) is 10.6. The van der Waals surface area contributed by atoms with E-state index in [4.69, 9.17) is 9.52 Å². The molecular weight excluding hydrogens is 172 g/mol. The third-order valence-corrected chi connectivity index (χ3v) is 1.53. The highest BCUT2D eigenvalue weighted by atomic mass is 16.4. The van der Waals surface area contributed by atoms with E-state index in [1.165, 1.54) is 12.3 Å². The van der Waals surface area contributed by atoms with Crippen molar-refractivity contribution in [2.24, 2.45) is 0 Å². The molecule has 5 nitrogen and oxygen atoms in total. The zero-order valence-corrected chi connectivity index (χ0v) is 7.57. The molecule has 0 saturated heterocycles. The zero-order valence-electron chi connectivity index (χ0n) is 7.57. The molecule has 0 amide bonds. The highest BCUT2D eigenvalue weighted by Crippen LogP contribution is 2.09. The Morgan fingerprint density at radius 2 is 2.38 bits per heavy atom. The Morgan fingerprint density at radius 3 is 2.92 bits per heavy atom. The first-order chi connectivity index (χ1) is 6.11. The predicted molar refractivity (Wildman–Crippen MR) is 46.2 cm³/mol.